The zero-order chi connectivity index (χ0) is 19.3. The summed E-state index contributed by atoms with van der Waals surface area (Å²) in [5, 5.41) is 12.3. The Morgan fingerprint density at radius 2 is 2.04 bits per heavy atom. The Hall–Kier alpha value is -1.30. The Balaban J connectivity index is 1.88. The molecule has 146 valence electrons. The molecule has 0 aromatic heterocycles. The van der Waals surface area contributed by atoms with E-state index in [1.807, 2.05) is 0 Å². The number of piperidine rings is 1. The zero-order valence-electron chi connectivity index (χ0n) is 16.2. The number of likely N-dealkylation sites (tertiary alicyclic amines) is 1. The van der Waals surface area contributed by atoms with Crippen molar-refractivity contribution in [2.75, 3.05) is 26.2 Å². The highest BCUT2D eigenvalue weighted by Gasteiger charge is 2.24. The first-order valence-electron chi connectivity index (χ1n) is 9.29. The van der Waals surface area contributed by atoms with E-state index in [9.17, 15) is 9.90 Å². The monoisotopic (exact) mass is 382 g/mol. The van der Waals surface area contributed by atoms with Crippen LogP contribution >= 0.6 is 11.6 Å². The van der Waals surface area contributed by atoms with E-state index >= 15 is 0 Å². The Morgan fingerprint density at radius 3 is 2.58 bits per heavy atom. The first-order valence-corrected chi connectivity index (χ1v) is 9.67. The van der Waals surface area contributed by atoms with Crippen molar-refractivity contribution in [3.8, 4) is 5.75 Å². The van der Waals surface area contributed by atoms with Crippen LogP contribution in [0.2, 0.25) is 5.02 Å². The Morgan fingerprint density at radius 1 is 1.38 bits per heavy atom. The van der Waals surface area contributed by atoms with Crippen molar-refractivity contribution in [1.82, 2.24) is 10.2 Å². The zero-order valence-corrected chi connectivity index (χ0v) is 17.0. The van der Waals surface area contributed by atoms with Gasteiger partial charge in [0.05, 0.1) is 11.1 Å². The molecule has 1 heterocycles. The summed E-state index contributed by atoms with van der Waals surface area (Å²) in [6.45, 7) is 11.8. The second-order valence-corrected chi connectivity index (χ2v) is 8.77. The average Bonchev–Trinajstić information content (AvgIpc) is 2.54. The predicted molar refractivity (Wildman–Crippen MR) is 105 cm³/mol. The summed E-state index contributed by atoms with van der Waals surface area (Å²) in [7, 11) is 0. The van der Waals surface area contributed by atoms with Gasteiger partial charge in [-0.25, -0.2) is 0 Å². The maximum absolute atomic E-state index is 12.0. The molecule has 5 nitrogen and oxygen atoms in total. The van der Waals surface area contributed by atoms with Crippen LogP contribution in [0.5, 0.6) is 5.75 Å². The number of hydrogen-bond donors (Lipinski definition) is 2. The highest BCUT2D eigenvalue weighted by molar-refractivity contribution is 6.32. The molecule has 1 atom stereocenters. The third-order valence-corrected chi connectivity index (χ3v) is 4.57. The number of amides is 1. The normalized spacial score (nSPS) is 17.8. The standard InChI is InChI=1S/C20H31ClN2O3/c1-14(24)12-22-19(25)15-5-6-18(17(21)11-15)26-16-7-9-23(10-8-16)13-20(2,3)4/h5-6,11,14,16,24H,7-10,12-13H2,1-4H3,(H,22,25). The first-order chi connectivity index (χ1) is 12.1. The fourth-order valence-electron chi connectivity index (χ4n) is 3.12. The number of aliphatic hydroxyl groups excluding tert-OH is 1. The minimum absolute atomic E-state index is 0.152. The number of nitrogens with zero attached hydrogens (tertiary/aromatic N) is 1. The summed E-state index contributed by atoms with van der Waals surface area (Å²) in [4.78, 5) is 14.5. The van der Waals surface area contributed by atoms with E-state index in [1.165, 1.54) is 0 Å². The molecule has 1 aliphatic rings. The van der Waals surface area contributed by atoms with Gasteiger partial charge in [0.1, 0.15) is 11.9 Å². The quantitative estimate of drug-likeness (QED) is 0.792. The topological polar surface area (TPSA) is 61.8 Å². The Bertz CT molecular complexity index is 606. The van der Waals surface area contributed by atoms with Gasteiger partial charge >= 0.3 is 0 Å². The molecule has 6 heteroatoms. The summed E-state index contributed by atoms with van der Waals surface area (Å²) in [5.74, 6) is 0.364. The van der Waals surface area contributed by atoms with Crippen LogP contribution in [0.1, 0.15) is 50.9 Å². The van der Waals surface area contributed by atoms with Gasteiger partial charge in [0.2, 0.25) is 0 Å². The molecule has 0 radical (unpaired) electrons. The lowest BCUT2D eigenvalue weighted by Crippen LogP contribution is -2.42. The number of benzene rings is 1. The van der Waals surface area contributed by atoms with Crippen molar-refractivity contribution < 1.29 is 14.6 Å². The fraction of sp³-hybridized carbons (Fsp3) is 0.650. The number of rotatable bonds is 6. The molecular weight excluding hydrogens is 352 g/mol. The van der Waals surface area contributed by atoms with Gasteiger partial charge in [-0.05, 0) is 43.4 Å². The van der Waals surface area contributed by atoms with Crippen molar-refractivity contribution in [3.05, 3.63) is 28.8 Å². The van der Waals surface area contributed by atoms with E-state index in [0.717, 1.165) is 32.5 Å². The van der Waals surface area contributed by atoms with Gasteiger partial charge in [-0.1, -0.05) is 32.4 Å². The van der Waals surface area contributed by atoms with E-state index in [1.54, 1.807) is 25.1 Å². The summed E-state index contributed by atoms with van der Waals surface area (Å²) in [6.07, 6.45) is 1.52. The lowest BCUT2D eigenvalue weighted by Gasteiger charge is -2.36. The molecule has 2 N–H and O–H groups in total. The third-order valence-electron chi connectivity index (χ3n) is 4.28. The smallest absolute Gasteiger partial charge is 0.251 e. The molecule has 2 rings (SSSR count). The minimum atomic E-state index is -0.582. The van der Waals surface area contributed by atoms with Crippen LogP contribution in [0.3, 0.4) is 0 Å². The van der Waals surface area contributed by atoms with Crippen molar-refractivity contribution in [2.24, 2.45) is 5.41 Å². The molecule has 1 amide bonds. The van der Waals surface area contributed by atoms with Crippen LogP contribution in [0.25, 0.3) is 0 Å². The molecule has 1 saturated heterocycles. The van der Waals surface area contributed by atoms with Crippen LogP contribution in [0, 0.1) is 5.41 Å². The van der Waals surface area contributed by atoms with Crippen LogP contribution in [-0.4, -0.2) is 54.3 Å². The van der Waals surface area contributed by atoms with Gasteiger partial charge in [-0.15, -0.1) is 0 Å². The van der Waals surface area contributed by atoms with Crippen LogP contribution in [0.15, 0.2) is 18.2 Å². The van der Waals surface area contributed by atoms with Crippen LogP contribution < -0.4 is 10.1 Å². The number of nitrogens with one attached hydrogen (secondary N) is 1. The van der Waals surface area contributed by atoms with Gasteiger partial charge in [0.25, 0.3) is 5.91 Å². The molecule has 0 spiro atoms. The maximum atomic E-state index is 12.0. The van der Waals surface area contributed by atoms with Gasteiger partial charge in [-0.2, -0.15) is 0 Å². The second-order valence-electron chi connectivity index (χ2n) is 8.36. The number of carbonyl (C=O) groups excluding carboxylic acids is 1. The van der Waals surface area contributed by atoms with Crippen molar-refractivity contribution in [3.63, 3.8) is 0 Å². The molecule has 0 saturated carbocycles. The molecule has 1 aromatic carbocycles. The number of ether oxygens (including phenoxy) is 1. The van der Waals surface area contributed by atoms with Gasteiger partial charge in [0.15, 0.2) is 0 Å². The summed E-state index contributed by atoms with van der Waals surface area (Å²) < 4.78 is 6.07. The van der Waals surface area contributed by atoms with E-state index in [-0.39, 0.29) is 18.6 Å². The summed E-state index contributed by atoms with van der Waals surface area (Å²) in [6, 6.07) is 5.07. The number of carbonyl (C=O) groups is 1. The van der Waals surface area contributed by atoms with E-state index in [2.05, 4.69) is 31.0 Å². The molecule has 1 aromatic rings. The second kappa shape index (κ2) is 9.07. The SMILES string of the molecule is CC(O)CNC(=O)c1ccc(OC2CCN(CC(C)(C)C)CC2)c(Cl)c1. The van der Waals surface area contributed by atoms with Gasteiger partial charge in [0, 0.05) is 31.7 Å². The average molecular weight is 383 g/mol. The van der Waals surface area contributed by atoms with E-state index in [0.29, 0.717) is 21.8 Å². The predicted octanol–water partition coefficient (Wildman–Crippen LogP) is 3.34. The summed E-state index contributed by atoms with van der Waals surface area (Å²) >= 11 is 6.31. The van der Waals surface area contributed by atoms with Crippen LogP contribution in [-0.2, 0) is 0 Å². The maximum Gasteiger partial charge on any atom is 0.251 e. The fourth-order valence-corrected chi connectivity index (χ4v) is 3.34. The Kier molecular flexibility index (Phi) is 7.33. The molecule has 0 aliphatic carbocycles. The first kappa shape index (κ1) is 21.0. The highest BCUT2D eigenvalue weighted by Crippen LogP contribution is 2.29. The van der Waals surface area contributed by atoms with E-state index < -0.39 is 6.10 Å². The number of aliphatic hydroxyl groups is 1. The molecule has 26 heavy (non-hydrogen) atoms. The van der Waals surface area contributed by atoms with Gasteiger partial charge in [-0.3, -0.25) is 4.79 Å². The molecule has 1 unspecified atom stereocenters. The summed E-state index contributed by atoms with van der Waals surface area (Å²) in [5.41, 5.74) is 0.768. The highest BCUT2D eigenvalue weighted by atomic mass is 35.5. The minimum Gasteiger partial charge on any atom is -0.489 e. The van der Waals surface area contributed by atoms with E-state index in [4.69, 9.17) is 16.3 Å². The van der Waals surface area contributed by atoms with Crippen molar-refractivity contribution >= 4 is 17.5 Å². The van der Waals surface area contributed by atoms with Crippen molar-refractivity contribution in [1.29, 1.82) is 0 Å². The molecule has 1 aliphatic heterocycles. The Labute approximate surface area is 161 Å². The number of hydrogen-bond acceptors (Lipinski definition) is 4. The van der Waals surface area contributed by atoms with Crippen molar-refractivity contribution in [2.45, 2.75) is 52.7 Å². The molecule has 1 fully saturated rings. The number of halogens is 1. The third kappa shape index (κ3) is 6.78. The molecule has 0 bridgehead atoms. The molecular formula is C20H31ClN2O3. The van der Waals surface area contributed by atoms with Gasteiger partial charge < -0.3 is 20.1 Å². The lowest BCUT2D eigenvalue weighted by molar-refractivity contribution is 0.0811. The lowest BCUT2D eigenvalue weighted by atomic mass is 9.94. The van der Waals surface area contributed by atoms with Crippen LogP contribution in [0.4, 0.5) is 0 Å². The largest absolute Gasteiger partial charge is 0.489 e.